The first-order chi connectivity index (χ1) is 13.4. The van der Waals surface area contributed by atoms with Crippen LogP contribution in [0.5, 0.6) is 17.2 Å². The van der Waals surface area contributed by atoms with Crippen LogP contribution in [0.25, 0.3) is 10.8 Å². The van der Waals surface area contributed by atoms with E-state index in [1.54, 1.807) is 19.1 Å². The molecular weight excluding hydrogens is 368 g/mol. The van der Waals surface area contributed by atoms with Crippen LogP contribution < -0.4 is 4.74 Å². The fourth-order valence-electron chi connectivity index (χ4n) is 2.74. The summed E-state index contributed by atoms with van der Waals surface area (Å²) in [7, 11) is 0. The van der Waals surface area contributed by atoms with E-state index in [0.29, 0.717) is 22.2 Å². The Balaban J connectivity index is 1.93. The number of ether oxygens (including phenoxy) is 2. The van der Waals surface area contributed by atoms with Crippen molar-refractivity contribution in [3.8, 4) is 17.2 Å². The summed E-state index contributed by atoms with van der Waals surface area (Å²) in [6, 6.07) is 7.52. The van der Waals surface area contributed by atoms with Crippen LogP contribution in [0.3, 0.4) is 0 Å². The number of carbonyl (C=O) groups excluding carboxylic acids is 1. The zero-order chi connectivity index (χ0) is 20.3. The molecule has 3 aromatic rings. The molecule has 0 saturated heterocycles. The standard InChI is InChI=1S/C21H19F2NO4/c1-3-4-7-27-21(26)19-20(25)17-6-5-15(11-18(17)12(2)24-19)28-16-9-13(22)8-14(23)10-16/h5-6,8-11,25H,3-4,7H2,1-2H3. The first kappa shape index (κ1) is 19.5. The van der Waals surface area contributed by atoms with Gasteiger partial charge in [0, 0.05) is 34.7 Å². The van der Waals surface area contributed by atoms with Gasteiger partial charge >= 0.3 is 5.97 Å². The number of hydrogen-bond acceptors (Lipinski definition) is 5. The van der Waals surface area contributed by atoms with Crippen molar-refractivity contribution in [3.63, 3.8) is 0 Å². The third-order valence-corrected chi connectivity index (χ3v) is 4.14. The second kappa shape index (κ2) is 8.21. The van der Waals surface area contributed by atoms with Gasteiger partial charge in [-0.1, -0.05) is 13.3 Å². The molecule has 5 nitrogen and oxygen atoms in total. The average Bonchev–Trinajstić information content (AvgIpc) is 2.64. The van der Waals surface area contributed by atoms with Gasteiger partial charge in [0.1, 0.15) is 23.1 Å². The maximum atomic E-state index is 13.3. The molecule has 0 amide bonds. The summed E-state index contributed by atoms with van der Waals surface area (Å²) in [4.78, 5) is 16.3. The largest absolute Gasteiger partial charge is 0.505 e. The van der Waals surface area contributed by atoms with Gasteiger partial charge in [-0.15, -0.1) is 0 Å². The Kier molecular flexibility index (Phi) is 5.73. The first-order valence-electron chi connectivity index (χ1n) is 8.83. The van der Waals surface area contributed by atoms with Gasteiger partial charge in [0.25, 0.3) is 0 Å². The smallest absolute Gasteiger partial charge is 0.360 e. The van der Waals surface area contributed by atoms with E-state index in [0.717, 1.165) is 31.0 Å². The summed E-state index contributed by atoms with van der Waals surface area (Å²) in [5.41, 5.74) is 0.327. The van der Waals surface area contributed by atoms with Gasteiger partial charge < -0.3 is 14.6 Å². The monoisotopic (exact) mass is 387 g/mol. The summed E-state index contributed by atoms with van der Waals surface area (Å²) in [5.74, 6) is -2.17. The van der Waals surface area contributed by atoms with E-state index >= 15 is 0 Å². The Hall–Kier alpha value is -3.22. The molecule has 0 radical (unpaired) electrons. The van der Waals surface area contributed by atoms with Gasteiger partial charge in [0.15, 0.2) is 11.4 Å². The van der Waals surface area contributed by atoms with Crippen LogP contribution >= 0.6 is 0 Å². The van der Waals surface area contributed by atoms with Gasteiger partial charge in [0.05, 0.1) is 6.61 Å². The third kappa shape index (κ3) is 4.19. The number of aryl methyl sites for hydroxylation is 1. The van der Waals surface area contributed by atoms with Gasteiger partial charge in [-0.3, -0.25) is 0 Å². The van der Waals surface area contributed by atoms with Crippen LogP contribution in [0, 0.1) is 18.6 Å². The fourth-order valence-corrected chi connectivity index (χ4v) is 2.74. The van der Waals surface area contributed by atoms with Crippen LogP contribution in [-0.2, 0) is 4.74 Å². The number of aromatic nitrogens is 1. The molecule has 7 heteroatoms. The molecule has 0 aliphatic rings. The Morgan fingerprint density at radius 3 is 2.46 bits per heavy atom. The Morgan fingerprint density at radius 2 is 1.79 bits per heavy atom. The minimum atomic E-state index is -0.752. The minimum absolute atomic E-state index is 0.00260. The number of pyridine rings is 1. The Labute approximate surface area is 160 Å². The predicted octanol–water partition coefficient (Wildman–Crippen LogP) is 5.28. The predicted molar refractivity (Wildman–Crippen MR) is 99.8 cm³/mol. The summed E-state index contributed by atoms with van der Waals surface area (Å²) < 4.78 is 37.3. The quantitative estimate of drug-likeness (QED) is 0.461. The van der Waals surface area contributed by atoms with Gasteiger partial charge in [0.2, 0.25) is 0 Å². The minimum Gasteiger partial charge on any atom is -0.505 e. The number of benzene rings is 2. The lowest BCUT2D eigenvalue weighted by atomic mass is 10.1. The molecule has 0 atom stereocenters. The SMILES string of the molecule is CCCCOC(=O)c1nc(C)c2cc(Oc3cc(F)cc(F)c3)ccc2c1O. The first-order valence-corrected chi connectivity index (χ1v) is 8.83. The molecule has 3 rings (SSSR count). The number of esters is 1. The van der Waals surface area contributed by atoms with Gasteiger partial charge in [-0.05, 0) is 31.5 Å². The lowest BCUT2D eigenvalue weighted by Crippen LogP contribution is -2.10. The second-order valence-electron chi connectivity index (χ2n) is 6.30. The van der Waals surface area contributed by atoms with Crippen LogP contribution in [0.1, 0.15) is 35.9 Å². The van der Waals surface area contributed by atoms with Crippen molar-refractivity contribution in [3.05, 3.63) is 59.4 Å². The van der Waals surface area contributed by atoms with E-state index in [1.165, 1.54) is 6.07 Å². The van der Waals surface area contributed by atoms with Crippen molar-refractivity contribution in [1.82, 2.24) is 4.98 Å². The molecule has 0 unspecified atom stereocenters. The number of aromatic hydroxyl groups is 1. The molecule has 1 heterocycles. The van der Waals surface area contributed by atoms with E-state index in [4.69, 9.17) is 9.47 Å². The van der Waals surface area contributed by atoms with Crippen molar-refractivity contribution < 1.29 is 28.2 Å². The molecule has 1 N–H and O–H groups in total. The average molecular weight is 387 g/mol. The number of rotatable bonds is 6. The van der Waals surface area contributed by atoms with Crippen molar-refractivity contribution >= 4 is 16.7 Å². The van der Waals surface area contributed by atoms with Crippen LogP contribution in [-0.4, -0.2) is 22.7 Å². The van der Waals surface area contributed by atoms with Crippen LogP contribution in [0.2, 0.25) is 0 Å². The molecule has 28 heavy (non-hydrogen) atoms. The van der Waals surface area contributed by atoms with Gasteiger partial charge in [-0.25, -0.2) is 18.6 Å². The zero-order valence-electron chi connectivity index (χ0n) is 15.5. The fraction of sp³-hybridized carbons (Fsp3) is 0.238. The lowest BCUT2D eigenvalue weighted by Gasteiger charge is -2.12. The molecular formula is C21H19F2NO4. The van der Waals surface area contributed by atoms with Crippen molar-refractivity contribution in [1.29, 1.82) is 0 Å². The number of hydrogen-bond donors (Lipinski definition) is 1. The second-order valence-corrected chi connectivity index (χ2v) is 6.30. The molecule has 0 fully saturated rings. The van der Waals surface area contributed by atoms with E-state index in [-0.39, 0.29) is 23.8 Å². The van der Waals surface area contributed by atoms with Crippen molar-refractivity contribution in [2.45, 2.75) is 26.7 Å². The number of carbonyl (C=O) groups is 1. The zero-order valence-corrected chi connectivity index (χ0v) is 15.5. The normalized spacial score (nSPS) is 10.9. The van der Waals surface area contributed by atoms with Crippen LogP contribution in [0.4, 0.5) is 8.78 Å². The molecule has 1 aromatic heterocycles. The van der Waals surface area contributed by atoms with Gasteiger partial charge in [-0.2, -0.15) is 0 Å². The topological polar surface area (TPSA) is 68.7 Å². The highest BCUT2D eigenvalue weighted by Gasteiger charge is 2.19. The van der Waals surface area contributed by atoms with Crippen molar-refractivity contribution in [2.75, 3.05) is 6.61 Å². The van der Waals surface area contributed by atoms with E-state index in [1.807, 2.05) is 6.92 Å². The molecule has 0 saturated carbocycles. The number of halogens is 2. The third-order valence-electron chi connectivity index (χ3n) is 4.14. The highest BCUT2D eigenvalue weighted by Crippen LogP contribution is 2.34. The number of unbranched alkanes of at least 4 members (excludes halogenated alkanes) is 1. The molecule has 0 bridgehead atoms. The molecule has 2 aromatic carbocycles. The number of nitrogens with zero attached hydrogens (tertiary/aromatic N) is 1. The van der Waals surface area contributed by atoms with E-state index < -0.39 is 17.6 Å². The molecule has 146 valence electrons. The highest BCUT2D eigenvalue weighted by atomic mass is 19.1. The van der Waals surface area contributed by atoms with E-state index in [2.05, 4.69) is 4.98 Å². The summed E-state index contributed by atoms with van der Waals surface area (Å²) in [5, 5.41) is 11.4. The number of fused-ring (bicyclic) bond motifs is 1. The summed E-state index contributed by atoms with van der Waals surface area (Å²) in [6.45, 7) is 3.91. The maximum Gasteiger partial charge on any atom is 0.360 e. The molecule has 0 spiro atoms. The Morgan fingerprint density at radius 1 is 1.07 bits per heavy atom. The summed E-state index contributed by atoms with van der Waals surface area (Å²) in [6.07, 6.45) is 1.60. The van der Waals surface area contributed by atoms with Crippen LogP contribution in [0.15, 0.2) is 36.4 Å². The molecule has 0 aliphatic heterocycles. The summed E-state index contributed by atoms with van der Waals surface area (Å²) >= 11 is 0. The van der Waals surface area contributed by atoms with Crippen molar-refractivity contribution in [2.24, 2.45) is 0 Å². The maximum absolute atomic E-state index is 13.3. The highest BCUT2D eigenvalue weighted by molar-refractivity contribution is 6.00. The van der Waals surface area contributed by atoms with E-state index in [9.17, 15) is 18.7 Å². The Bertz CT molecular complexity index is 1020. The lowest BCUT2D eigenvalue weighted by molar-refractivity contribution is 0.0489. The molecule has 0 aliphatic carbocycles.